The summed E-state index contributed by atoms with van der Waals surface area (Å²) in [7, 11) is 0. The summed E-state index contributed by atoms with van der Waals surface area (Å²) in [5.41, 5.74) is 2.48. The van der Waals surface area contributed by atoms with Crippen molar-refractivity contribution in [1.82, 2.24) is 5.32 Å². The molecule has 0 saturated carbocycles. The fourth-order valence-corrected chi connectivity index (χ4v) is 2.87. The molecule has 1 aromatic carbocycles. The van der Waals surface area contributed by atoms with Crippen LogP contribution in [0.2, 0.25) is 0 Å². The summed E-state index contributed by atoms with van der Waals surface area (Å²) in [5.74, 6) is 0.956. The van der Waals surface area contributed by atoms with Crippen LogP contribution in [0.4, 0.5) is 5.69 Å². The first-order valence-corrected chi connectivity index (χ1v) is 5.58. The Labute approximate surface area is 89.5 Å². The average Bonchev–Trinajstić information content (AvgIpc) is 2.57. The third-order valence-electron chi connectivity index (χ3n) is 3.65. The molecule has 1 saturated heterocycles. The lowest BCUT2D eigenvalue weighted by Crippen LogP contribution is -2.48. The Morgan fingerprint density at radius 3 is 3.13 bits per heavy atom. The fraction of sp³-hybridized carbons (Fsp3) is 0.500. The SMILES string of the molecule is CC1NCCC2c3ccc(O)cc3NC12. The van der Waals surface area contributed by atoms with E-state index in [0.717, 1.165) is 12.2 Å². The first kappa shape index (κ1) is 9.04. The van der Waals surface area contributed by atoms with Gasteiger partial charge in [0.1, 0.15) is 5.75 Å². The van der Waals surface area contributed by atoms with Crippen molar-refractivity contribution in [3.63, 3.8) is 0 Å². The van der Waals surface area contributed by atoms with Crippen LogP contribution in [-0.2, 0) is 0 Å². The predicted octanol–water partition coefficient (Wildman–Crippen LogP) is 1.65. The van der Waals surface area contributed by atoms with E-state index in [4.69, 9.17) is 0 Å². The first-order valence-electron chi connectivity index (χ1n) is 5.58. The minimum absolute atomic E-state index is 0.348. The molecule has 2 aliphatic rings. The van der Waals surface area contributed by atoms with E-state index in [1.165, 1.54) is 12.0 Å². The Hall–Kier alpha value is -1.22. The average molecular weight is 204 g/mol. The van der Waals surface area contributed by atoms with Gasteiger partial charge < -0.3 is 15.7 Å². The zero-order valence-corrected chi connectivity index (χ0v) is 8.83. The number of piperidine rings is 1. The summed E-state index contributed by atoms with van der Waals surface area (Å²) in [5, 5.41) is 16.4. The minimum atomic E-state index is 0.348. The van der Waals surface area contributed by atoms with E-state index in [1.54, 1.807) is 6.07 Å². The van der Waals surface area contributed by atoms with Crippen molar-refractivity contribution in [2.45, 2.75) is 31.3 Å². The minimum Gasteiger partial charge on any atom is -0.508 e. The summed E-state index contributed by atoms with van der Waals surface area (Å²) >= 11 is 0. The van der Waals surface area contributed by atoms with Gasteiger partial charge in [-0.05, 0) is 31.5 Å². The quantitative estimate of drug-likeness (QED) is 0.602. The van der Waals surface area contributed by atoms with Gasteiger partial charge in [-0.2, -0.15) is 0 Å². The van der Waals surface area contributed by atoms with Crippen LogP contribution in [0.5, 0.6) is 5.75 Å². The summed E-state index contributed by atoms with van der Waals surface area (Å²) < 4.78 is 0. The molecular weight excluding hydrogens is 188 g/mol. The topological polar surface area (TPSA) is 44.3 Å². The molecule has 3 nitrogen and oxygen atoms in total. The normalized spacial score (nSPS) is 33.0. The van der Waals surface area contributed by atoms with Gasteiger partial charge in [0.15, 0.2) is 0 Å². The second-order valence-corrected chi connectivity index (χ2v) is 4.58. The van der Waals surface area contributed by atoms with Crippen molar-refractivity contribution in [2.75, 3.05) is 11.9 Å². The number of anilines is 1. The lowest BCUT2D eigenvalue weighted by molar-refractivity contribution is 0.360. The molecule has 15 heavy (non-hydrogen) atoms. The van der Waals surface area contributed by atoms with E-state index in [2.05, 4.69) is 23.6 Å². The van der Waals surface area contributed by atoms with Gasteiger partial charge in [-0.1, -0.05) is 6.07 Å². The monoisotopic (exact) mass is 204 g/mol. The maximum absolute atomic E-state index is 9.44. The molecule has 3 rings (SSSR count). The lowest BCUT2D eigenvalue weighted by Gasteiger charge is -2.32. The number of aromatic hydroxyl groups is 1. The molecule has 1 aromatic rings. The summed E-state index contributed by atoms with van der Waals surface area (Å²) in [6, 6.07) is 6.66. The fourth-order valence-electron chi connectivity index (χ4n) is 2.87. The third-order valence-corrected chi connectivity index (χ3v) is 3.65. The first-order chi connectivity index (χ1) is 7.25. The van der Waals surface area contributed by atoms with Crippen molar-refractivity contribution in [3.8, 4) is 5.75 Å². The van der Waals surface area contributed by atoms with Crippen LogP contribution in [0.15, 0.2) is 18.2 Å². The van der Waals surface area contributed by atoms with Gasteiger partial charge in [0.05, 0.1) is 0 Å². The standard InChI is InChI=1S/C12H16N2O/c1-7-12-10(4-5-13-7)9-3-2-8(15)6-11(9)14-12/h2-3,6-7,10,12-15H,4-5H2,1H3. The Balaban J connectivity index is 2.00. The molecule has 3 N–H and O–H groups in total. The molecule has 2 heterocycles. The van der Waals surface area contributed by atoms with Crippen molar-refractivity contribution in [2.24, 2.45) is 0 Å². The van der Waals surface area contributed by atoms with Crippen LogP contribution in [0, 0.1) is 0 Å². The maximum Gasteiger partial charge on any atom is 0.117 e. The van der Waals surface area contributed by atoms with Gasteiger partial charge in [0, 0.05) is 29.8 Å². The van der Waals surface area contributed by atoms with Gasteiger partial charge in [-0.25, -0.2) is 0 Å². The summed E-state index contributed by atoms with van der Waals surface area (Å²) in [6.07, 6.45) is 1.18. The molecule has 0 aliphatic carbocycles. The van der Waals surface area contributed by atoms with Crippen LogP contribution >= 0.6 is 0 Å². The molecule has 0 bridgehead atoms. The van der Waals surface area contributed by atoms with Crippen LogP contribution in [0.25, 0.3) is 0 Å². The van der Waals surface area contributed by atoms with Gasteiger partial charge in [0.25, 0.3) is 0 Å². The summed E-state index contributed by atoms with van der Waals surface area (Å²) in [6.45, 7) is 3.31. The molecule has 3 heteroatoms. The van der Waals surface area contributed by atoms with E-state index in [1.807, 2.05) is 6.07 Å². The van der Waals surface area contributed by atoms with Crippen LogP contribution in [-0.4, -0.2) is 23.7 Å². The Morgan fingerprint density at radius 2 is 2.27 bits per heavy atom. The van der Waals surface area contributed by atoms with Crippen molar-refractivity contribution >= 4 is 5.69 Å². The molecule has 1 fully saturated rings. The highest BCUT2D eigenvalue weighted by Crippen LogP contribution is 2.42. The van der Waals surface area contributed by atoms with E-state index < -0.39 is 0 Å². The highest BCUT2D eigenvalue weighted by molar-refractivity contribution is 5.62. The molecule has 3 atom stereocenters. The Kier molecular flexibility index (Phi) is 1.89. The number of hydrogen-bond acceptors (Lipinski definition) is 3. The number of fused-ring (bicyclic) bond motifs is 3. The number of phenols is 1. The van der Waals surface area contributed by atoms with Gasteiger partial charge in [0.2, 0.25) is 0 Å². The van der Waals surface area contributed by atoms with Gasteiger partial charge in [-0.15, -0.1) is 0 Å². The molecule has 0 spiro atoms. The largest absolute Gasteiger partial charge is 0.508 e. The Bertz CT molecular complexity index is 391. The number of nitrogens with one attached hydrogen (secondary N) is 2. The molecule has 2 aliphatic heterocycles. The number of benzene rings is 1. The molecule has 0 amide bonds. The van der Waals surface area contributed by atoms with Gasteiger partial charge >= 0.3 is 0 Å². The van der Waals surface area contributed by atoms with E-state index >= 15 is 0 Å². The number of phenolic OH excluding ortho intramolecular Hbond substituents is 1. The lowest BCUT2D eigenvalue weighted by atomic mass is 9.85. The zero-order chi connectivity index (χ0) is 10.4. The van der Waals surface area contributed by atoms with Crippen molar-refractivity contribution in [1.29, 1.82) is 0 Å². The van der Waals surface area contributed by atoms with Crippen molar-refractivity contribution < 1.29 is 5.11 Å². The zero-order valence-electron chi connectivity index (χ0n) is 8.83. The highest BCUT2D eigenvalue weighted by Gasteiger charge is 2.37. The molecule has 80 valence electrons. The van der Waals surface area contributed by atoms with Crippen LogP contribution < -0.4 is 10.6 Å². The maximum atomic E-state index is 9.44. The van der Waals surface area contributed by atoms with Crippen LogP contribution in [0.3, 0.4) is 0 Å². The smallest absolute Gasteiger partial charge is 0.117 e. The number of rotatable bonds is 0. The second kappa shape index (κ2) is 3.14. The van der Waals surface area contributed by atoms with Crippen molar-refractivity contribution in [3.05, 3.63) is 23.8 Å². The molecule has 3 unspecified atom stereocenters. The number of hydrogen-bond donors (Lipinski definition) is 3. The second-order valence-electron chi connectivity index (χ2n) is 4.58. The van der Waals surface area contributed by atoms with E-state index in [-0.39, 0.29) is 0 Å². The van der Waals surface area contributed by atoms with E-state index in [9.17, 15) is 5.11 Å². The predicted molar refractivity (Wildman–Crippen MR) is 60.3 cm³/mol. The van der Waals surface area contributed by atoms with E-state index in [0.29, 0.717) is 23.8 Å². The van der Waals surface area contributed by atoms with Gasteiger partial charge in [-0.3, -0.25) is 0 Å². The molecule has 0 radical (unpaired) electrons. The van der Waals surface area contributed by atoms with Crippen LogP contribution in [0.1, 0.15) is 24.8 Å². The molecule has 0 aromatic heterocycles. The molecular formula is C12H16N2O. The summed E-state index contributed by atoms with van der Waals surface area (Å²) in [4.78, 5) is 0. The highest BCUT2D eigenvalue weighted by atomic mass is 16.3. The Morgan fingerprint density at radius 1 is 1.40 bits per heavy atom. The third kappa shape index (κ3) is 1.30.